The van der Waals surface area contributed by atoms with E-state index < -0.39 is 11.8 Å². The molecule has 0 atom stereocenters. The number of ether oxygens (including phenoxy) is 1. The Hall–Kier alpha value is -1.29. The third-order valence-electron chi connectivity index (χ3n) is 1.53. The molecule has 2 N–H and O–H groups in total. The molecular formula is C9H11ClFNO2. The second-order valence-corrected chi connectivity index (χ2v) is 2.42. The Morgan fingerprint density at radius 1 is 1.57 bits per heavy atom. The number of halogens is 2. The van der Waals surface area contributed by atoms with Crippen LogP contribution >= 0.6 is 12.4 Å². The molecule has 0 heterocycles. The molecule has 5 heteroatoms. The summed E-state index contributed by atoms with van der Waals surface area (Å²) in [5, 5.41) is 0. The van der Waals surface area contributed by atoms with Crippen LogP contribution < -0.4 is 5.73 Å². The molecule has 3 nitrogen and oxygen atoms in total. The first-order valence-electron chi connectivity index (χ1n) is 3.88. The van der Waals surface area contributed by atoms with Crippen molar-refractivity contribution < 1.29 is 13.9 Å². The van der Waals surface area contributed by atoms with E-state index in [1.165, 1.54) is 18.2 Å². The van der Waals surface area contributed by atoms with Crippen molar-refractivity contribution in [3.63, 3.8) is 0 Å². The summed E-state index contributed by atoms with van der Waals surface area (Å²) in [4.78, 5) is 11.1. The SMILES string of the molecule is CCOC(=O)c1c(N)cccc1F.Cl. The molecule has 1 aromatic carbocycles. The van der Waals surface area contributed by atoms with Crippen molar-refractivity contribution in [3.8, 4) is 0 Å². The molecule has 0 unspecified atom stereocenters. The van der Waals surface area contributed by atoms with Gasteiger partial charge in [-0.1, -0.05) is 6.07 Å². The second-order valence-electron chi connectivity index (χ2n) is 2.42. The highest BCUT2D eigenvalue weighted by Crippen LogP contribution is 2.16. The first kappa shape index (κ1) is 12.7. The molecular weight excluding hydrogens is 209 g/mol. The number of rotatable bonds is 2. The molecule has 1 rings (SSSR count). The third kappa shape index (κ3) is 2.60. The number of anilines is 1. The van der Waals surface area contributed by atoms with Crippen molar-refractivity contribution in [2.45, 2.75) is 6.92 Å². The summed E-state index contributed by atoms with van der Waals surface area (Å²) < 4.78 is 17.7. The number of nitrogens with two attached hydrogens (primary N) is 1. The van der Waals surface area contributed by atoms with Gasteiger partial charge in [-0.05, 0) is 19.1 Å². The monoisotopic (exact) mass is 219 g/mol. The molecule has 0 saturated heterocycles. The van der Waals surface area contributed by atoms with Crippen LogP contribution in [0.4, 0.5) is 10.1 Å². The van der Waals surface area contributed by atoms with Gasteiger partial charge in [0, 0.05) is 5.69 Å². The molecule has 78 valence electrons. The van der Waals surface area contributed by atoms with Crippen molar-refractivity contribution >= 4 is 24.1 Å². The van der Waals surface area contributed by atoms with Crippen molar-refractivity contribution in [3.05, 3.63) is 29.6 Å². The summed E-state index contributed by atoms with van der Waals surface area (Å²) in [6.45, 7) is 1.85. The number of esters is 1. The van der Waals surface area contributed by atoms with Gasteiger partial charge in [-0.15, -0.1) is 12.4 Å². The first-order valence-corrected chi connectivity index (χ1v) is 3.88. The van der Waals surface area contributed by atoms with Crippen molar-refractivity contribution in [1.29, 1.82) is 0 Å². The Morgan fingerprint density at radius 2 is 2.21 bits per heavy atom. The van der Waals surface area contributed by atoms with Gasteiger partial charge in [-0.25, -0.2) is 9.18 Å². The molecule has 0 aliphatic carbocycles. The maximum atomic E-state index is 13.0. The Kier molecular flexibility index (Phi) is 4.94. The summed E-state index contributed by atoms with van der Waals surface area (Å²) in [5.74, 6) is -1.38. The van der Waals surface area contributed by atoms with Gasteiger partial charge in [0.15, 0.2) is 0 Å². The third-order valence-corrected chi connectivity index (χ3v) is 1.53. The van der Waals surface area contributed by atoms with Gasteiger partial charge in [0.1, 0.15) is 11.4 Å². The van der Waals surface area contributed by atoms with E-state index in [2.05, 4.69) is 4.74 Å². The predicted octanol–water partition coefficient (Wildman–Crippen LogP) is 2.01. The van der Waals surface area contributed by atoms with E-state index in [1.54, 1.807) is 6.92 Å². The highest BCUT2D eigenvalue weighted by atomic mass is 35.5. The first-order chi connectivity index (χ1) is 6.16. The fourth-order valence-corrected chi connectivity index (χ4v) is 0.959. The highest BCUT2D eigenvalue weighted by Gasteiger charge is 2.15. The van der Waals surface area contributed by atoms with E-state index in [4.69, 9.17) is 5.73 Å². The molecule has 0 aromatic heterocycles. The lowest BCUT2D eigenvalue weighted by molar-refractivity contribution is 0.0522. The average molecular weight is 220 g/mol. The van der Waals surface area contributed by atoms with E-state index in [9.17, 15) is 9.18 Å². The number of carbonyl (C=O) groups excluding carboxylic acids is 1. The van der Waals surface area contributed by atoms with Gasteiger partial charge >= 0.3 is 5.97 Å². The van der Waals surface area contributed by atoms with E-state index in [0.717, 1.165) is 0 Å². The van der Waals surface area contributed by atoms with Crippen LogP contribution in [0.5, 0.6) is 0 Å². The van der Waals surface area contributed by atoms with Crippen molar-refractivity contribution in [2.75, 3.05) is 12.3 Å². The van der Waals surface area contributed by atoms with Gasteiger partial charge in [-0.2, -0.15) is 0 Å². The highest BCUT2D eigenvalue weighted by molar-refractivity contribution is 5.95. The summed E-state index contributed by atoms with van der Waals surface area (Å²) in [6.07, 6.45) is 0. The average Bonchev–Trinajstić information content (AvgIpc) is 2.04. The van der Waals surface area contributed by atoms with Crippen LogP contribution in [0.25, 0.3) is 0 Å². The van der Waals surface area contributed by atoms with E-state index in [1.807, 2.05) is 0 Å². The molecule has 0 radical (unpaired) electrons. The molecule has 0 aliphatic rings. The lowest BCUT2D eigenvalue weighted by Gasteiger charge is -2.05. The summed E-state index contributed by atoms with van der Waals surface area (Å²) in [5.41, 5.74) is 5.32. The van der Waals surface area contributed by atoms with Gasteiger partial charge in [0.2, 0.25) is 0 Å². The fraction of sp³-hybridized carbons (Fsp3) is 0.222. The molecule has 0 aliphatic heterocycles. The number of carbonyl (C=O) groups is 1. The van der Waals surface area contributed by atoms with Crippen molar-refractivity contribution in [1.82, 2.24) is 0 Å². The zero-order valence-electron chi connectivity index (χ0n) is 7.62. The number of hydrogen-bond acceptors (Lipinski definition) is 3. The molecule has 0 spiro atoms. The van der Waals surface area contributed by atoms with Crippen LogP contribution in [0, 0.1) is 5.82 Å². The Bertz CT molecular complexity index is 310. The van der Waals surface area contributed by atoms with E-state index in [-0.39, 0.29) is 30.3 Å². The topological polar surface area (TPSA) is 52.3 Å². The second kappa shape index (κ2) is 5.44. The van der Waals surface area contributed by atoms with Gasteiger partial charge < -0.3 is 10.5 Å². The fourth-order valence-electron chi connectivity index (χ4n) is 0.959. The number of nitrogen functional groups attached to an aromatic ring is 1. The maximum Gasteiger partial charge on any atom is 0.343 e. The quantitative estimate of drug-likeness (QED) is 0.612. The maximum absolute atomic E-state index is 13.0. The standard InChI is InChI=1S/C9H10FNO2.ClH/c1-2-13-9(12)8-6(10)4-3-5-7(8)11;/h3-5H,2,11H2,1H3;1H. The summed E-state index contributed by atoms with van der Waals surface area (Å²) in [7, 11) is 0. The Balaban J connectivity index is 0.00000169. The Morgan fingerprint density at radius 3 is 2.71 bits per heavy atom. The van der Waals surface area contributed by atoms with Gasteiger partial charge in [0.05, 0.1) is 6.61 Å². The van der Waals surface area contributed by atoms with Gasteiger partial charge in [0.25, 0.3) is 0 Å². The predicted molar refractivity (Wildman–Crippen MR) is 54.0 cm³/mol. The number of benzene rings is 1. The molecule has 0 bridgehead atoms. The molecule has 0 fully saturated rings. The van der Waals surface area contributed by atoms with Crippen LogP contribution in [0.3, 0.4) is 0 Å². The summed E-state index contributed by atoms with van der Waals surface area (Å²) >= 11 is 0. The van der Waals surface area contributed by atoms with Crippen LogP contribution in [0.1, 0.15) is 17.3 Å². The van der Waals surface area contributed by atoms with Crippen LogP contribution in [0.2, 0.25) is 0 Å². The smallest absolute Gasteiger partial charge is 0.343 e. The Labute approximate surface area is 87.5 Å². The van der Waals surface area contributed by atoms with E-state index in [0.29, 0.717) is 0 Å². The minimum atomic E-state index is -0.724. The minimum Gasteiger partial charge on any atom is -0.462 e. The van der Waals surface area contributed by atoms with E-state index >= 15 is 0 Å². The largest absolute Gasteiger partial charge is 0.462 e. The van der Waals surface area contributed by atoms with Crippen LogP contribution in [0.15, 0.2) is 18.2 Å². The zero-order valence-corrected chi connectivity index (χ0v) is 8.44. The zero-order chi connectivity index (χ0) is 9.84. The molecule has 1 aromatic rings. The molecule has 14 heavy (non-hydrogen) atoms. The number of hydrogen-bond donors (Lipinski definition) is 1. The lowest BCUT2D eigenvalue weighted by atomic mass is 10.2. The minimum absolute atomic E-state index is 0. The van der Waals surface area contributed by atoms with Gasteiger partial charge in [-0.3, -0.25) is 0 Å². The van der Waals surface area contributed by atoms with Crippen LogP contribution in [-0.2, 0) is 4.74 Å². The normalized spacial score (nSPS) is 9.00. The summed E-state index contributed by atoms with van der Waals surface area (Å²) in [6, 6.07) is 4.06. The molecule has 0 saturated carbocycles. The lowest BCUT2D eigenvalue weighted by Crippen LogP contribution is -2.10. The van der Waals surface area contributed by atoms with Crippen molar-refractivity contribution in [2.24, 2.45) is 0 Å². The molecule has 0 amide bonds. The van der Waals surface area contributed by atoms with Crippen LogP contribution in [-0.4, -0.2) is 12.6 Å².